The largest absolute Gasteiger partial charge is 0.489 e. The van der Waals surface area contributed by atoms with E-state index < -0.39 is 0 Å². The summed E-state index contributed by atoms with van der Waals surface area (Å²) in [6.45, 7) is 5.58. The van der Waals surface area contributed by atoms with Crippen molar-refractivity contribution in [3.8, 4) is 5.75 Å². The first-order valence-corrected chi connectivity index (χ1v) is 6.02. The Bertz CT molecular complexity index is 597. The predicted molar refractivity (Wildman–Crippen MR) is 70.2 cm³/mol. The zero-order valence-electron chi connectivity index (χ0n) is 11.1. The van der Waals surface area contributed by atoms with E-state index in [1.165, 1.54) is 6.20 Å². The van der Waals surface area contributed by atoms with Crippen LogP contribution in [0, 0.1) is 6.92 Å². The molecule has 0 amide bonds. The normalized spacial score (nSPS) is 10.5. The van der Waals surface area contributed by atoms with Crippen LogP contribution in [-0.4, -0.2) is 26.8 Å². The van der Waals surface area contributed by atoms with E-state index >= 15 is 0 Å². The lowest BCUT2D eigenvalue weighted by atomic mass is 10.1. The van der Waals surface area contributed by atoms with Gasteiger partial charge in [-0.1, -0.05) is 0 Å². The molecule has 2 aromatic heterocycles. The van der Waals surface area contributed by atoms with Crippen LogP contribution >= 0.6 is 0 Å². The number of rotatable bonds is 4. The second-order valence-corrected chi connectivity index (χ2v) is 4.39. The number of aromatic nitrogens is 3. The molecular weight excluding hydrogens is 242 g/mol. The maximum absolute atomic E-state index is 12.3. The molecule has 0 radical (unpaired) electrons. The highest BCUT2D eigenvalue weighted by molar-refractivity contribution is 6.07. The van der Waals surface area contributed by atoms with Crippen LogP contribution in [0.15, 0.2) is 30.7 Å². The first kappa shape index (κ1) is 13.1. The van der Waals surface area contributed by atoms with E-state index in [0.717, 1.165) is 0 Å². The summed E-state index contributed by atoms with van der Waals surface area (Å²) in [5.74, 6) is 0.951. The highest BCUT2D eigenvalue weighted by Gasteiger charge is 2.12. The highest BCUT2D eigenvalue weighted by Crippen LogP contribution is 2.15. The minimum atomic E-state index is -0.188. The van der Waals surface area contributed by atoms with Gasteiger partial charge in [0.25, 0.3) is 0 Å². The third kappa shape index (κ3) is 3.34. The Kier molecular flexibility index (Phi) is 3.85. The Morgan fingerprint density at radius 3 is 2.79 bits per heavy atom. The maximum atomic E-state index is 12.3. The Balaban J connectivity index is 2.29. The van der Waals surface area contributed by atoms with E-state index in [4.69, 9.17) is 4.74 Å². The Morgan fingerprint density at radius 2 is 2.11 bits per heavy atom. The number of carbonyl (C=O) groups is 1. The number of hydrogen-bond acceptors (Lipinski definition) is 5. The average Bonchev–Trinajstić information content (AvgIpc) is 2.37. The van der Waals surface area contributed by atoms with Crippen molar-refractivity contribution in [1.82, 2.24) is 15.0 Å². The molecule has 0 aromatic carbocycles. The summed E-state index contributed by atoms with van der Waals surface area (Å²) >= 11 is 0. The molecule has 2 aromatic rings. The van der Waals surface area contributed by atoms with Gasteiger partial charge in [0.2, 0.25) is 5.78 Å². The van der Waals surface area contributed by atoms with E-state index in [2.05, 4.69) is 15.0 Å². The fraction of sp³-hybridized carbons (Fsp3) is 0.286. The van der Waals surface area contributed by atoms with E-state index in [1.54, 1.807) is 31.5 Å². The van der Waals surface area contributed by atoms with E-state index in [9.17, 15) is 4.79 Å². The summed E-state index contributed by atoms with van der Waals surface area (Å²) in [6, 6.07) is 3.26. The standard InChI is InChI=1S/C14H15N3O2/c1-9(2)19-12-6-11(7-15-8-12)14(18)13-4-5-16-10(3)17-13/h4-9H,1-3H3. The lowest BCUT2D eigenvalue weighted by Gasteiger charge is -2.09. The van der Waals surface area contributed by atoms with E-state index in [0.29, 0.717) is 22.8 Å². The van der Waals surface area contributed by atoms with Crippen LogP contribution in [0.3, 0.4) is 0 Å². The first-order chi connectivity index (χ1) is 9.06. The molecule has 0 fully saturated rings. The van der Waals surface area contributed by atoms with Gasteiger partial charge >= 0.3 is 0 Å². The lowest BCUT2D eigenvalue weighted by molar-refractivity contribution is 0.103. The number of hydrogen-bond donors (Lipinski definition) is 0. The van der Waals surface area contributed by atoms with Crippen LogP contribution < -0.4 is 4.74 Å². The number of pyridine rings is 1. The molecular formula is C14H15N3O2. The van der Waals surface area contributed by atoms with Gasteiger partial charge < -0.3 is 4.74 Å². The first-order valence-electron chi connectivity index (χ1n) is 6.02. The van der Waals surface area contributed by atoms with Crippen LogP contribution in [0.2, 0.25) is 0 Å². The van der Waals surface area contributed by atoms with Crippen molar-refractivity contribution in [2.24, 2.45) is 0 Å². The zero-order valence-corrected chi connectivity index (χ0v) is 11.1. The van der Waals surface area contributed by atoms with Crippen molar-refractivity contribution >= 4 is 5.78 Å². The van der Waals surface area contributed by atoms with Crippen molar-refractivity contribution in [3.63, 3.8) is 0 Å². The molecule has 0 bridgehead atoms. The fourth-order valence-corrected chi connectivity index (χ4v) is 1.61. The monoisotopic (exact) mass is 257 g/mol. The minimum absolute atomic E-state index is 0.0356. The molecule has 0 spiro atoms. The van der Waals surface area contributed by atoms with Gasteiger partial charge in [0.05, 0.1) is 12.3 Å². The van der Waals surface area contributed by atoms with Gasteiger partial charge in [-0.05, 0) is 32.9 Å². The van der Waals surface area contributed by atoms with Gasteiger partial charge in [-0.3, -0.25) is 9.78 Å². The SMILES string of the molecule is Cc1nccc(C(=O)c2cncc(OC(C)C)c2)n1. The quantitative estimate of drug-likeness (QED) is 0.785. The lowest BCUT2D eigenvalue weighted by Crippen LogP contribution is -2.09. The van der Waals surface area contributed by atoms with Gasteiger partial charge in [-0.25, -0.2) is 9.97 Å². The summed E-state index contributed by atoms with van der Waals surface area (Å²) in [5.41, 5.74) is 0.812. The molecule has 0 N–H and O–H groups in total. The molecule has 0 unspecified atom stereocenters. The molecule has 2 heterocycles. The van der Waals surface area contributed by atoms with Crippen molar-refractivity contribution < 1.29 is 9.53 Å². The smallest absolute Gasteiger partial charge is 0.213 e. The van der Waals surface area contributed by atoms with Crippen LogP contribution in [0.5, 0.6) is 5.75 Å². The molecule has 0 aliphatic heterocycles. The second-order valence-electron chi connectivity index (χ2n) is 4.39. The molecule has 5 heteroatoms. The third-order valence-electron chi connectivity index (χ3n) is 2.36. The molecule has 98 valence electrons. The molecule has 5 nitrogen and oxygen atoms in total. The Morgan fingerprint density at radius 1 is 1.32 bits per heavy atom. The average molecular weight is 257 g/mol. The zero-order chi connectivity index (χ0) is 13.8. The summed E-state index contributed by atoms with van der Waals surface area (Å²) in [4.78, 5) is 24.3. The molecule has 0 saturated heterocycles. The van der Waals surface area contributed by atoms with Crippen molar-refractivity contribution in [1.29, 1.82) is 0 Å². The Labute approximate surface area is 111 Å². The summed E-state index contributed by atoms with van der Waals surface area (Å²) in [6.07, 6.45) is 4.69. The van der Waals surface area contributed by atoms with Gasteiger partial charge in [-0.2, -0.15) is 0 Å². The van der Waals surface area contributed by atoms with Gasteiger partial charge in [0.1, 0.15) is 17.3 Å². The third-order valence-corrected chi connectivity index (χ3v) is 2.36. The molecule has 0 saturated carbocycles. The second kappa shape index (κ2) is 5.56. The minimum Gasteiger partial charge on any atom is -0.489 e. The fourth-order valence-electron chi connectivity index (χ4n) is 1.61. The van der Waals surface area contributed by atoms with Gasteiger partial charge in [-0.15, -0.1) is 0 Å². The summed E-state index contributed by atoms with van der Waals surface area (Å²) in [5, 5.41) is 0. The molecule has 2 rings (SSSR count). The number of ether oxygens (including phenoxy) is 1. The van der Waals surface area contributed by atoms with Crippen LogP contribution in [-0.2, 0) is 0 Å². The van der Waals surface area contributed by atoms with Crippen LogP contribution in [0.4, 0.5) is 0 Å². The van der Waals surface area contributed by atoms with Crippen LogP contribution in [0.1, 0.15) is 35.7 Å². The number of carbonyl (C=O) groups excluding carboxylic acids is 1. The van der Waals surface area contributed by atoms with Crippen molar-refractivity contribution in [2.75, 3.05) is 0 Å². The van der Waals surface area contributed by atoms with Crippen molar-refractivity contribution in [3.05, 3.63) is 47.8 Å². The number of nitrogens with zero attached hydrogens (tertiary/aromatic N) is 3. The number of aryl methyl sites for hydroxylation is 1. The van der Waals surface area contributed by atoms with Gasteiger partial charge in [0, 0.05) is 18.0 Å². The van der Waals surface area contributed by atoms with E-state index in [1.807, 2.05) is 13.8 Å². The maximum Gasteiger partial charge on any atom is 0.213 e. The predicted octanol–water partition coefficient (Wildman–Crippen LogP) is 2.20. The van der Waals surface area contributed by atoms with Gasteiger partial charge in [0.15, 0.2) is 0 Å². The topological polar surface area (TPSA) is 65.0 Å². The Hall–Kier alpha value is -2.30. The summed E-state index contributed by atoms with van der Waals surface area (Å²) in [7, 11) is 0. The summed E-state index contributed by atoms with van der Waals surface area (Å²) < 4.78 is 5.52. The highest BCUT2D eigenvalue weighted by atomic mass is 16.5. The van der Waals surface area contributed by atoms with E-state index in [-0.39, 0.29) is 11.9 Å². The van der Waals surface area contributed by atoms with Crippen LogP contribution in [0.25, 0.3) is 0 Å². The number of ketones is 1. The molecule has 19 heavy (non-hydrogen) atoms. The molecule has 0 aliphatic rings. The molecule has 0 aliphatic carbocycles. The van der Waals surface area contributed by atoms with Crippen molar-refractivity contribution in [2.45, 2.75) is 26.9 Å². The molecule has 0 atom stereocenters.